The van der Waals surface area contributed by atoms with Crippen molar-refractivity contribution < 1.29 is 24.1 Å². The van der Waals surface area contributed by atoms with Gasteiger partial charge in [-0.15, -0.1) is 0 Å². The van der Waals surface area contributed by atoms with Gasteiger partial charge < -0.3 is 29.1 Å². The summed E-state index contributed by atoms with van der Waals surface area (Å²) in [7, 11) is 1.53. The number of nitriles is 1. The Kier molecular flexibility index (Phi) is 6.69. The van der Waals surface area contributed by atoms with Crippen molar-refractivity contribution in [3.8, 4) is 28.8 Å². The van der Waals surface area contributed by atoms with Gasteiger partial charge in [-0.2, -0.15) is 10.4 Å². The molecule has 6 heterocycles. The topological polar surface area (TPSA) is 138 Å². The molecule has 12 nitrogen and oxygen atoms in total. The minimum absolute atomic E-state index is 0.0926. The first-order chi connectivity index (χ1) is 19.7. The van der Waals surface area contributed by atoms with E-state index >= 15 is 0 Å². The van der Waals surface area contributed by atoms with Gasteiger partial charge in [-0.1, -0.05) is 0 Å². The highest BCUT2D eigenvalue weighted by molar-refractivity contribution is 5.94. The number of nitrogens with zero attached hydrogens (tertiary/aromatic N) is 7. The number of carbonyl (C=O) groups excluding carboxylic acids is 1. The Hall–Kier alpha value is -4.73. The maximum absolute atomic E-state index is 13.2. The van der Waals surface area contributed by atoms with Crippen LogP contribution in [0.25, 0.3) is 16.6 Å². The van der Waals surface area contributed by atoms with Gasteiger partial charge in [-0.05, 0) is 38.1 Å². The van der Waals surface area contributed by atoms with E-state index in [1.807, 2.05) is 18.2 Å². The van der Waals surface area contributed by atoms with Gasteiger partial charge in [0, 0.05) is 36.1 Å². The molecule has 2 aliphatic rings. The molecule has 210 valence electrons. The van der Waals surface area contributed by atoms with Gasteiger partial charge in [0.2, 0.25) is 5.88 Å². The molecule has 12 heteroatoms. The second-order valence-corrected chi connectivity index (χ2v) is 10.7. The molecular formula is C29H29N7O5. The zero-order chi connectivity index (χ0) is 28.7. The first-order valence-corrected chi connectivity index (χ1v) is 13.2. The number of methoxy groups -OCH3 is 1. The lowest BCUT2D eigenvalue weighted by molar-refractivity contribution is 0.0240. The summed E-state index contributed by atoms with van der Waals surface area (Å²) in [6, 6.07) is 11.1. The summed E-state index contributed by atoms with van der Waals surface area (Å²) in [6.07, 6.45) is 6.07. The van der Waals surface area contributed by atoms with Crippen molar-refractivity contribution >= 4 is 17.2 Å². The molecule has 0 spiro atoms. The molecule has 2 fully saturated rings. The molecule has 4 aromatic heterocycles. The molecule has 41 heavy (non-hydrogen) atoms. The van der Waals surface area contributed by atoms with Crippen LogP contribution >= 0.6 is 0 Å². The summed E-state index contributed by atoms with van der Waals surface area (Å²) in [5.41, 5.74) is 2.06. The lowest BCUT2D eigenvalue weighted by atomic mass is 10.0. The van der Waals surface area contributed by atoms with Crippen molar-refractivity contribution in [2.75, 3.05) is 38.3 Å². The Bertz CT molecular complexity index is 1610. The van der Waals surface area contributed by atoms with Crippen LogP contribution in [0.15, 0.2) is 55.1 Å². The molecule has 0 aromatic carbocycles. The lowest BCUT2D eigenvalue weighted by Gasteiger charge is -2.39. The average molecular weight is 556 g/mol. The van der Waals surface area contributed by atoms with Crippen LogP contribution < -0.4 is 14.4 Å². The van der Waals surface area contributed by atoms with Gasteiger partial charge in [0.05, 0.1) is 60.9 Å². The molecular weight excluding hydrogens is 526 g/mol. The van der Waals surface area contributed by atoms with Crippen molar-refractivity contribution in [1.82, 2.24) is 24.5 Å². The number of pyridine rings is 3. The van der Waals surface area contributed by atoms with E-state index in [-0.39, 0.29) is 18.6 Å². The van der Waals surface area contributed by atoms with E-state index in [0.29, 0.717) is 48.0 Å². The molecule has 0 radical (unpaired) electrons. The van der Waals surface area contributed by atoms with Crippen LogP contribution in [0.4, 0.5) is 5.82 Å². The van der Waals surface area contributed by atoms with Gasteiger partial charge >= 0.3 is 0 Å². The minimum Gasteiger partial charge on any atom is -0.489 e. The predicted molar refractivity (Wildman–Crippen MR) is 148 cm³/mol. The highest BCUT2D eigenvalue weighted by Crippen LogP contribution is 2.33. The number of aliphatic hydroxyl groups is 1. The van der Waals surface area contributed by atoms with E-state index in [1.54, 1.807) is 47.8 Å². The molecule has 6 rings (SSSR count). The fourth-order valence-corrected chi connectivity index (χ4v) is 5.15. The zero-order valence-corrected chi connectivity index (χ0v) is 22.9. The fraction of sp³-hybridized carbons (Fsp3) is 0.345. The molecule has 2 bridgehead atoms. The number of hydrogen-bond donors (Lipinski definition) is 1. The number of piperazine rings is 1. The van der Waals surface area contributed by atoms with Crippen LogP contribution in [0.5, 0.6) is 11.6 Å². The normalized spacial score (nSPS) is 18.4. The number of anilines is 1. The van der Waals surface area contributed by atoms with Crippen molar-refractivity contribution in [3.05, 3.63) is 66.2 Å². The van der Waals surface area contributed by atoms with Crippen molar-refractivity contribution in [3.63, 3.8) is 0 Å². The maximum Gasteiger partial charge on any atom is 0.257 e. The zero-order valence-electron chi connectivity index (χ0n) is 22.9. The highest BCUT2D eigenvalue weighted by atomic mass is 16.5. The van der Waals surface area contributed by atoms with Gasteiger partial charge in [-0.3, -0.25) is 4.79 Å². The number of rotatable bonds is 7. The quantitative estimate of drug-likeness (QED) is 0.362. The molecule has 0 saturated carbocycles. The van der Waals surface area contributed by atoms with E-state index in [4.69, 9.17) is 19.2 Å². The second-order valence-electron chi connectivity index (χ2n) is 10.7. The Morgan fingerprint density at radius 1 is 1.20 bits per heavy atom. The summed E-state index contributed by atoms with van der Waals surface area (Å²) in [5, 5.41) is 24.1. The molecule has 0 aliphatic carbocycles. The summed E-state index contributed by atoms with van der Waals surface area (Å²) in [5.74, 6) is 1.59. The first kappa shape index (κ1) is 26.5. The van der Waals surface area contributed by atoms with E-state index in [9.17, 15) is 15.2 Å². The minimum atomic E-state index is -1.01. The third-order valence-corrected chi connectivity index (χ3v) is 7.10. The largest absolute Gasteiger partial charge is 0.489 e. The smallest absolute Gasteiger partial charge is 0.257 e. The Balaban J connectivity index is 1.23. The van der Waals surface area contributed by atoms with E-state index in [2.05, 4.69) is 21.1 Å². The third kappa shape index (κ3) is 5.13. The van der Waals surface area contributed by atoms with E-state index in [1.165, 1.54) is 19.5 Å². The van der Waals surface area contributed by atoms with Crippen LogP contribution in [-0.2, 0) is 4.74 Å². The monoisotopic (exact) mass is 555 g/mol. The van der Waals surface area contributed by atoms with Crippen LogP contribution in [0.3, 0.4) is 0 Å². The number of ether oxygens (including phenoxy) is 3. The van der Waals surface area contributed by atoms with Gasteiger partial charge in [0.15, 0.2) is 6.23 Å². The Labute approximate surface area is 236 Å². The molecule has 2 atom stereocenters. The van der Waals surface area contributed by atoms with Crippen LogP contribution in [0.1, 0.15) is 29.8 Å². The summed E-state index contributed by atoms with van der Waals surface area (Å²) < 4.78 is 18.5. The lowest BCUT2D eigenvalue weighted by Crippen LogP contribution is -2.56. The third-order valence-electron chi connectivity index (χ3n) is 7.10. The summed E-state index contributed by atoms with van der Waals surface area (Å²) in [6.45, 7) is 4.92. The van der Waals surface area contributed by atoms with Gasteiger partial charge in [0.1, 0.15) is 24.2 Å². The standard InChI is InChI=1S/C29H29N7O5/c1-29(2,38)17-41-22-8-23(27-20(9-30)12-33-35(27)14-22)18-4-6-24(31-10-18)34-13-21-16-40-26(15-34)36(21)28(37)19-5-7-25(39-3)32-11-19/h4-8,10-12,14,21,26,38H,13,15-17H2,1-3H3. The SMILES string of the molecule is COc1ccc(C(=O)N2C3COC2CN(c2ccc(-c4cc(OCC(C)(C)O)cn5ncc(C#N)c45)cn2)C3)cn1. The predicted octanol–water partition coefficient (Wildman–Crippen LogP) is 2.51. The molecule has 1 amide bonds. The molecule has 1 N–H and O–H groups in total. The summed E-state index contributed by atoms with van der Waals surface area (Å²) >= 11 is 0. The number of hydrogen-bond acceptors (Lipinski definition) is 10. The van der Waals surface area contributed by atoms with Crippen LogP contribution in [-0.4, -0.2) is 86.8 Å². The van der Waals surface area contributed by atoms with Crippen molar-refractivity contribution in [1.29, 1.82) is 5.26 Å². The molecule has 2 saturated heterocycles. The molecule has 2 unspecified atom stereocenters. The Morgan fingerprint density at radius 3 is 2.71 bits per heavy atom. The van der Waals surface area contributed by atoms with E-state index in [0.717, 1.165) is 16.9 Å². The van der Waals surface area contributed by atoms with Crippen LogP contribution in [0.2, 0.25) is 0 Å². The van der Waals surface area contributed by atoms with Crippen molar-refractivity contribution in [2.45, 2.75) is 31.7 Å². The van der Waals surface area contributed by atoms with E-state index < -0.39 is 11.8 Å². The molecule has 4 aromatic rings. The van der Waals surface area contributed by atoms with Crippen LogP contribution in [0, 0.1) is 11.3 Å². The number of carbonyl (C=O) groups is 1. The number of fused-ring (bicyclic) bond motifs is 3. The maximum atomic E-state index is 13.2. The number of amides is 1. The summed E-state index contributed by atoms with van der Waals surface area (Å²) in [4.78, 5) is 26.0. The fourth-order valence-electron chi connectivity index (χ4n) is 5.15. The average Bonchev–Trinajstić information content (AvgIpc) is 3.52. The molecule has 2 aliphatic heterocycles. The Morgan fingerprint density at radius 2 is 2.05 bits per heavy atom. The van der Waals surface area contributed by atoms with Crippen molar-refractivity contribution in [2.24, 2.45) is 0 Å². The second kappa shape index (κ2) is 10.3. The van der Waals surface area contributed by atoms with Gasteiger partial charge in [0.25, 0.3) is 5.91 Å². The number of aromatic nitrogens is 4. The first-order valence-electron chi connectivity index (χ1n) is 13.2. The van der Waals surface area contributed by atoms with Gasteiger partial charge in [-0.25, -0.2) is 14.5 Å². The highest BCUT2D eigenvalue weighted by Gasteiger charge is 2.44.